The summed E-state index contributed by atoms with van der Waals surface area (Å²) in [6, 6.07) is 5.34. The molecule has 0 saturated heterocycles. The summed E-state index contributed by atoms with van der Waals surface area (Å²) in [5.74, 6) is 0.667. The summed E-state index contributed by atoms with van der Waals surface area (Å²) in [6.07, 6.45) is 1.86. The highest BCUT2D eigenvalue weighted by Crippen LogP contribution is 2.26. The Bertz CT molecular complexity index is 471. The van der Waals surface area contributed by atoms with Gasteiger partial charge in [0.25, 0.3) is 0 Å². The third-order valence-corrected chi connectivity index (χ3v) is 3.14. The summed E-state index contributed by atoms with van der Waals surface area (Å²) >= 11 is 1.63. The zero-order valence-corrected chi connectivity index (χ0v) is 10.3. The number of hydrogen-bond acceptors (Lipinski definition) is 5. The van der Waals surface area contributed by atoms with Gasteiger partial charge in [-0.3, -0.25) is 4.98 Å². The molecule has 1 aromatic carbocycles. The average molecular weight is 250 g/mol. The van der Waals surface area contributed by atoms with Gasteiger partial charge in [0.05, 0.1) is 12.6 Å². The molecular formula is C12H14N2O2S. The van der Waals surface area contributed by atoms with Crippen LogP contribution in [0.4, 0.5) is 0 Å². The molecule has 0 saturated carbocycles. The molecule has 1 heterocycles. The van der Waals surface area contributed by atoms with Crippen LogP contribution in [0.25, 0.3) is 0 Å². The monoisotopic (exact) mass is 250 g/mol. The summed E-state index contributed by atoms with van der Waals surface area (Å²) in [5.41, 5.74) is 2.89. The fourth-order valence-corrected chi connectivity index (χ4v) is 2.06. The molecule has 2 rings (SSSR count). The van der Waals surface area contributed by atoms with E-state index in [9.17, 15) is 5.11 Å². The van der Waals surface area contributed by atoms with Crippen molar-refractivity contribution < 1.29 is 9.84 Å². The van der Waals surface area contributed by atoms with Crippen LogP contribution in [0, 0.1) is 0 Å². The molecule has 0 radical (unpaired) electrons. The Morgan fingerprint density at radius 3 is 3.00 bits per heavy atom. The van der Waals surface area contributed by atoms with Crippen molar-refractivity contribution in [1.29, 1.82) is 0 Å². The van der Waals surface area contributed by atoms with Crippen molar-refractivity contribution in [2.75, 3.05) is 7.11 Å². The molecule has 0 spiro atoms. The number of aromatic hydroxyl groups is 1. The van der Waals surface area contributed by atoms with Crippen LogP contribution < -0.4 is 10.1 Å². The number of aromatic nitrogens is 1. The lowest BCUT2D eigenvalue weighted by Gasteiger charge is -2.07. The second kappa shape index (κ2) is 5.65. The largest absolute Gasteiger partial charge is 0.504 e. The van der Waals surface area contributed by atoms with E-state index in [0.717, 1.165) is 18.7 Å². The minimum atomic E-state index is 0.165. The minimum Gasteiger partial charge on any atom is -0.504 e. The minimum absolute atomic E-state index is 0.165. The van der Waals surface area contributed by atoms with Crippen molar-refractivity contribution in [3.8, 4) is 11.5 Å². The molecule has 0 amide bonds. The number of methoxy groups -OCH3 is 1. The predicted octanol–water partition coefficient (Wildman–Crippen LogP) is 2.15. The second-order valence-electron chi connectivity index (χ2n) is 3.58. The SMILES string of the molecule is COc1cc(CNCc2cncs2)ccc1O. The van der Waals surface area contributed by atoms with Crippen LogP contribution in [0.3, 0.4) is 0 Å². The van der Waals surface area contributed by atoms with E-state index in [2.05, 4.69) is 10.3 Å². The standard InChI is InChI=1S/C12H14N2O2S/c1-16-12-4-9(2-3-11(12)15)5-13-6-10-7-14-8-17-10/h2-4,7-8,13,15H,5-6H2,1H3. The Kier molecular flexibility index (Phi) is 3.95. The van der Waals surface area contributed by atoms with Gasteiger partial charge < -0.3 is 15.2 Å². The van der Waals surface area contributed by atoms with Crippen LogP contribution in [0.5, 0.6) is 11.5 Å². The molecule has 0 atom stereocenters. The predicted molar refractivity (Wildman–Crippen MR) is 67.3 cm³/mol. The maximum absolute atomic E-state index is 9.46. The van der Waals surface area contributed by atoms with Crippen molar-refractivity contribution in [3.05, 3.63) is 40.3 Å². The second-order valence-corrected chi connectivity index (χ2v) is 4.55. The first-order chi connectivity index (χ1) is 8.29. The fourth-order valence-electron chi connectivity index (χ4n) is 1.49. The molecule has 4 nitrogen and oxygen atoms in total. The molecule has 2 N–H and O–H groups in total. The summed E-state index contributed by atoms with van der Waals surface area (Å²) in [4.78, 5) is 5.22. The number of nitrogens with zero attached hydrogens (tertiary/aromatic N) is 1. The maximum atomic E-state index is 9.46. The number of ether oxygens (including phenoxy) is 1. The number of hydrogen-bond donors (Lipinski definition) is 2. The lowest BCUT2D eigenvalue weighted by atomic mass is 10.2. The maximum Gasteiger partial charge on any atom is 0.160 e. The molecule has 0 aliphatic carbocycles. The number of rotatable bonds is 5. The Balaban J connectivity index is 1.90. The van der Waals surface area contributed by atoms with Gasteiger partial charge in [-0.25, -0.2) is 0 Å². The van der Waals surface area contributed by atoms with Crippen molar-refractivity contribution in [1.82, 2.24) is 10.3 Å². The third kappa shape index (κ3) is 3.18. The molecule has 17 heavy (non-hydrogen) atoms. The molecule has 5 heteroatoms. The first-order valence-corrected chi connectivity index (χ1v) is 6.11. The molecule has 0 aliphatic rings. The third-order valence-electron chi connectivity index (χ3n) is 2.36. The Labute approximate surface area is 104 Å². The molecule has 0 unspecified atom stereocenters. The first-order valence-electron chi connectivity index (χ1n) is 5.23. The van der Waals surface area contributed by atoms with E-state index < -0.39 is 0 Å². The molecule has 0 bridgehead atoms. The van der Waals surface area contributed by atoms with Gasteiger partial charge >= 0.3 is 0 Å². The van der Waals surface area contributed by atoms with E-state index in [0.29, 0.717) is 5.75 Å². The Morgan fingerprint density at radius 1 is 1.41 bits per heavy atom. The zero-order valence-electron chi connectivity index (χ0n) is 9.51. The van der Waals surface area contributed by atoms with Crippen LogP contribution in [0.1, 0.15) is 10.4 Å². The highest BCUT2D eigenvalue weighted by Gasteiger charge is 2.02. The lowest BCUT2D eigenvalue weighted by molar-refractivity contribution is 0.373. The van der Waals surface area contributed by atoms with E-state index in [1.54, 1.807) is 24.5 Å². The van der Waals surface area contributed by atoms with Gasteiger partial charge in [-0.1, -0.05) is 6.07 Å². The van der Waals surface area contributed by atoms with Gasteiger partial charge in [0.15, 0.2) is 11.5 Å². The van der Waals surface area contributed by atoms with Crippen molar-refractivity contribution in [3.63, 3.8) is 0 Å². The normalized spacial score (nSPS) is 10.4. The number of benzene rings is 1. The van der Waals surface area contributed by atoms with Gasteiger partial charge in [-0.05, 0) is 17.7 Å². The van der Waals surface area contributed by atoms with E-state index in [1.165, 1.54) is 4.88 Å². The van der Waals surface area contributed by atoms with E-state index >= 15 is 0 Å². The summed E-state index contributed by atoms with van der Waals surface area (Å²) in [7, 11) is 1.55. The highest BCUT2D eigenvalue weighted by molar-refractivity contribution is 7.09. The van der Waals surface area contributed by atoms with E-state index in [-0.39, 0.29) is 5.75 Å². The number of nitrogens with one attached hydrogen (secondary N) is 1. The van der Waals surface area contributed by atoms with Crippen molar-refractivity contribution in [2.24, 2.45) is 0 Å². The molecule has 1 aromatic heterocycles. The molecular weight excluding hydrogens is 236 g/mol. The summed E-state index contributed by atoms with van der Waals surface area (Å²) in [5, 5.41) is 12.8. The number of thiazole rings is 1. The molecule has 2 aromatic rings. The molecule has 0 aliphatic heterocycles. The van der Waals surface area contributed by atoms with E-state index in [4.69, 9.17) is 4.74 Å². The summed E-state index contributed by atoms with van der Waals surface area (Å²) < 4.78 is 5.05. The van der Waals surface area contributed by atoms with Crippen LogP contribution in [0.2, 0.25) is 0 Å². The number of phenolic OH excluding ortho intramolecular Hbond substituents is 1. The average Bonchev–Trinajstić information content (AvgIpc) is 2.84. The Morgan fingerprint density at radius 2 is 2.29 bits per heavy atom. The van der Waals surface area contributed by atoms with Gasteiger partial charge in [0.1, 0.15) is 0 Å². The molecule has 90 valence electrons. The Hall–Kier alpha value is -1.59. The topological polar surface area (TPSA) is 54.4 Å². The smallest absolute Gasteiger partial charge is 0.160 e. The summed E-state index contributed by atoms with van der Waals surface area (Å²) in [6.45, 7) is 1.53. The van der Waals surface area contributed by atoms with Gasteiger partial charge in [0, 0.05) is 24.2 Å². The van der Waals surface area contributed by atoms with Crippen LogP contribution in [0.15, 0.2) is 29.9 Å². The van der Waals surface area contributed by atoms with Gasteiger partial charge in [-0.15, -0.1) is 11.3 Å². The number of phenols is 1. The van der Waals surface area contributed by atoms with Gasteiger partial charge in [0.2, 0.25) is 0 Å². The highest BCUT2D eigenvalue weighted by atomic mass is 32.1. The van der Waals surface area contributed by atoms with Crippen LogP contribution in [-0.4, -0.2) is 17.2 Å². The van der Waals surface area contributed by atoms with Gasteiger partial charge in [-0.2, -0.15) is 0 Å². The quantitative estimate of drug-likeness (QED) is 0.853. The fraction of sp³-hybridized carbons (Fsp3) is 0.250. The molecule has 0 fully saturated rings. The van der Waals surface area contributed by atoms with E-state index in [1.807, 2.05) is 23.8 Å². The van der Waals surface area contributed by atoms with Crippen molar-refractivity contribution >= 4 is 11.3 Å². The van der Waals surface area contributed by atoms with Crippen molar-refractivity contribution in [2.45, 2.75) is 13.1 Å². The van der Waals surface area contributed by atoms with Crippen LogP contribution in [-0.2, 0) is 13.1 Å². The lowest BCUT2D eigenvalue weighted by Crippen LogP contribution is -2.11. The van der Waals surface area contributed by atoms with Crippen LogP contribution >= 0.6 is 11.3 Å². The zero-order chi connectivity index (χ0) is 12.1. The first kappa shape index (κ1) is 11.9.